The van der Waals surface area contributed by atoms with Crippen molar-refractivity contribution in [1.29, 1.82) is 0 Å². The fourth-order valence-corrected chi connectivity index (χ4v) is 5.78. The minimum absolute atomic E-state index is 0.263. The third-order valence-electron chi connectivity index (χ3n) is 6.31. The van der Waals surface area contributed by atoms with Gasteiger partial charge in [-0.05, 0) is 36.6 Å². The molecule has 164 valence electrons. The molecule has 1 aromatic heterocycles. The monoisotopic (exact) mass is 439 g/mol. The number of ether oxygens (including phenoxy) is 1. The molecule has 0 amide bonds. The maximum atomic E-state index is 11.7. The second-order valence-electron chi connectivity index (χ2n) is 8.57. The Morgan fingerprint density at radius 3 is 2.45 bits per heavy atom. The highest BCUT2D eigenvalue weighted by molar-refractivity contribution is 7.91. The molecule has 6 nitrogen and oxygen atoms in total. The van der Waals surface area contributed by atoms with Gasteiger partial charge in [0.15, 0.2) is 9.84 Å². The van der Waals surface area contributed by atoms with Gasteiger partial charge < -0.3 is 10.2 Å². The molecule has 7 heteroatoms. The second kappa shape index (κ2) is 8.65. The first-order valence-corrected chi connectivity index (χ1v) is 12.9. The number of benzene rings is 2. The van der Waals surface area contributed by atoms with Crippen molar-refractivity contribution >= 4 is 20.7 Å². The van der Waals surface area contributed by atoms with E-state index >= 15 is 0 Å². The van der Waals surface area contributed by atoms with Gasteiger partial charge in [-0.3, -0.25) is 9.58 Å². The summed E-state index contributed by atoms with van der Waals surface area (Å²) < 4.78 is 31.2. The fraction of sp³-hybridized carbons (Fsp3) is 0.417. The highest BCUT2D eigenvalue weighted by atomic mass is 32.2. The summed E-state index contributed by atoms with van der Waals surface area (Å²) in [7, 11) is -2.85. The van der Waals surface area contributed by atoms with Gasteiger partial charge >= 0.3 is 0 Å². The topological polar surface area (TPSA) is 63.6 Å². The Bertz CT molecular complexity index is 1140. The first-order valence-electron chi connectivity index (χ1n) is 11.0. The largest absolute Gasteiger partial charge is 0.381 e. The van der Waals surface area contributed by atoms with Crippen LogP contribution in [0.4, 0.5) is 0 Å². The number of hydrogen-bond acceptors (Lipinski definition) is 5. The van der Waals surface area contributed by atoms with E-state index in [1.54, 1.807) is 0 Å². The maximum absolute atomic E-state index is 11.7. The molecule has 31 heavy (non-hydrogen) atoms. The molecule has 3 aromatic rings. The van der Waals surface area contributed by atoms with Crippen molar-refractivity contribution in [2.24, 2.45) is 0 Å². The van der Waals surface area contributed by atoms with Crippen molar-refractivity contribution in [2.75, 3.05) is 43.2 Å². The Kier molecular flexibility index (Phi) is 5.73. The average molecular weight is 440 g/mol. The van der Waals surface area contributed by atoms with Crippen molar-refractivity contribution in [3.8, 4) is 11.3 Å². The van der Waals surface area contributed by atoms with Gasteiger partial charge in [-0.15, -0.1) is 0 Å². The van der Waals surface area contributed by atoms with Crippen LogP contribution in [0.15, 0.2) is 54.6 Å². The Morgan fingerprint density at radius 2 is 1.71 bits per heavy atom. The number of nitrogens with one attached hydrogen (secondary N) is 1. The zero-order chi connectivity index (χ0) is 21.3. The number of hydrogen-bond donors (Lipinski definition) is 1. The van der Waals surface area contributed by atoms with E-state index in [1.807, 2.05) is 6.07 Å². The van der Waals surface area contributed by atoms with Gasteiger partial charge in [-0.25, -0.2) is 8.42 Å². The molecule has 0 unspecified atom stereocenters. The highest BCUT2D eigenvalue weighted by Crippen LogP contribution is 2.29. The van der Waals surface area contributed by atoms with Crippen molar-refractivity contribution in [1.82, 2.24) is 9.58 Å². The summed E-state index contributed by atoms with van der Waals surface area (Å²) >= 11 is 0. The lowest BCUT2D eigenvalue weighted by Crippen LogP contribution is -2.39. The standard InChI is InChI=1S/C24H29N3O3S/c28-31(29)14-10-26(11-15-31)18-19-6-7-23-21(16-19)17-24(20-4-2-1-3-5-20)27(23)25-22-8-12-30-13-9-22/h1-7,16-17,22,25H,8-15,18H2. The van der Waals surface area contributed by atoms with E-state index in [9.17, 15) is 8.42 Å². The van der Waals surface area contributed by atoms with Crippen LogP contribution in [0, 0.1) is 0 Å². The van der Waals surface area contributed by atoms with Crippen LogP contribution < -0.4 is 5.43 Å². The van der Waals surface area contributed by atoms with Crippen LogP contribution in [-0.4, -0.2) is 61.8 Å². The number of rotatable bonds is 5. The van der Waals surface area contributed by atoms with E-state index in [4.69, 9.17) is 4.74 Å². The third-order valence-corrected chi connectivity index (χ3v) is 7.92. The minimum atomic E-state index is -2.85. The van der Waals surface area contributed by atoms with Crippen molar-refractivity contribution in [2.45, 2.75) is 25.4 Å². The first kappa shape index (κ1) is 20.5. The summed E-state index contributed by atoms with van der Waals surface area (Å²) in [4.78, 5) is 2.23. The molecule has 3 heterocycles. The van der Waals surface area contributed by atoms with E-state index in [-0.39, 0.29) is 11.5 Å². The SMILES string of the molecule is O=S1(=O)CCN(Cc2ccc3c(c2)cc(-c2ccccc2)n3NC2CCOCC2)CC1. The third kappa shape index (κ3) is 4.63. The van der Waals surface area contributed by atoms with Gasteiger partial charge in [-0.1, -0.05) is 36.4 Å². The molecule has 2 saturated heterocycles. The van der Waals surface area contributed by atoms with Crippen molar-refractivity contribution in [3.05, 3.63) is 60.2 Å². The van der Waals surface area contributed by atoms with Crippen LogP contribution in [0.5, 0.6) is 0 Å². The molecule has 0 atom stereocenters. The molecule has 2 aliphatic rings. The molecular formula is C24H29N3O3S. The van der Waals surface area contributed by atoms with Gasteiger partial charge in [0, 0.05) is 49.8 Å². The summed E-state index contributed by atoms with van der Waals surface area (Å²) in [5.41, 5.74) is 8.46. The van der Waals surface area contributed by atoms with Crippen LogP contribution in [0.2, 0.25) is 0 Å². The predicted octanol–water partition coefficient (Wildman–Crippen LogP) is 3.26. The summed E-state index contributed by atoms with van der Waals surface area (Å²) in [6.45, 7) is 3.61. The van der Waals surface area contributed by atoms with Gasteiger partial charge in [-0.2, -0.15) is 0 Å². The normalized spacial score (nSPS) is 20.1. The number of aromatic nitrogens is 1. The summed E-state index contributed by atoms with van der Waals surface area (Å²) in [5.74, 6) is 0.525. The van der Waals surface area contributed by atoms with Crippen molar-refractivity contribution in [3.63, 3.8) is 0 Å². The lowest BCUT2D eigenvalue weighted by Gasteiger charge is -2.27. The Balaban J connectivity index is 1.45. The lowest BCUT2D eigenvalue weighted by atomic mass is 10.1. The van der Waals surface area contributed by atoms with Crippen LogP contribution in [0.3, 0.4) is 0 Å². The van der Waals surface area contributed by atoms with Crippen LogP contribution in [0.25, 0.3) is 22.2 Å². The van der Waals surface area contributed by atoms with E-state index < -0.39 is 9.84 Å². The van der Waals surface area contributed by atoms with E-state index in [0.717, 1.165) is 43.8 Å². The van der Waals surface area contributed by atoms with Gasteiger partial charge in [0.05, 0.1) is 22.7 Å². The zero-order valence-corrected chi connectivity index (χ0v) is 18.5. The molecule has 2 aromatic carbocycles. The molecule has 0 spiro atoms. The maximum Gasteiger partial charge on any atom is 0.152 e. The number of fused-ring (bicyclic) bond motifs is 1. The second-order valence-corrected chi connectivity index (χ2v) is 10.9. The molecule has 2 fully saturated rings. The average Bonchev–Trinajstić information content (AvgIpc) is 3.14. The quantitative estimate of drug-likeness (QED) is 0.661. The first-order chi connectivity index (χ1) is 15.1. The lowest BCUT2D eigenvalue weighted by molar-refractivity contribution is 0.0882. The van der Waals surface area contributed by atoms with Gasteiger partial charge in [0.1, 0.15) is 0 Å². The molecule has 5 rings (SSSR count). The molecule has 0 aliphatic carbocycles. The predicted molar refractivity (Wildman–Crippen MR) is 125 cm³/mol. The molecule has 0 saturated carbocycles. The summed E-state index contributed by atoms with van der Waals surface area (Å²) in [6, 6.07) is 19.7. The fourth-order valence-electron chi connectivity index (χ4n) is 4.50. The van der Waals surface area contributed by atoms with Gasteiger partial charge in [0.25, 0.3) is 0 Å². The van der Waals surface area contributed by atoms with Crippen LogP contribution in [-0.2, 0) is 21.1 Å². The zero-order valence-electron chi connectivity index (χ0n) is 17.7. The van der Waals surface area contributed by atoms with Crippen molar-refractivity contribution < 1.29 is 13.2 Å². The van der Waals surface area contributed by atoms with E-state index in [2.05, 4.69) is 63.5 Å². The number of nitrogens with zero attached hydrogens (tertiary/aromatic N) is 2. The molecule has 0 bridgehead atoms. The molecule has 2 aliphatic heterocycles. The smallest absolute Gasteiger partial charge is 0.152 e. The highest BCUT2D eigenvalue weighted by Gasteiger charge is 2.22. The molecule has 1 N–H and O–H groups in total. The Labute approximate surface area is 183 Å². The number of sulfone groups is 1. The van der Waals surface area contributed by atoms with Gasteiger partial charge in [0.2, 0.25) is 0 Å². The summed E-state index contributed by atoms with van der Waals surface area (Å²) in [6.07, 6.45) is 2.01. The Morgan fingerprint density at radius 1 is 0.968 bits per heavy atom. The summed E-state index contributed by atoms with van der Waals surface area (Å²) in [5, 5.41) is 1.19. The molecule has 0 radical (unpaired) electrons. The minimum Gasteiger partial charge on any atom is -0.381 e. The van der Waals surface area contributed by atoms with E-state index in [0.29, 0.717) is 19.1 Å². The Hall–Kier alpha value is -2.35. The van der Waals surface area contributed by atoms with Crippen LogP contribution >= 0.6 is 0 Å². The van der Waals surface area contributed by atoms with Crippen LogP contribution in [0.1, 0.15) is 18.4 Å². The molecular weight excluding hydrogens is 410 g/mol. The van der Waals surface area contributed by atoms with E-state index in [1.165, 1.54) is 16.5 Å².